The van der Waals surface area contributed by atoms with E-state index in [1.807, 2.05) is 12.1 Å². The Morgan fingerprint density at radius 1 is 1.05 bits per heavy atom. The van der Waals surface area contributed by atoms with E-state index in [0.717, 1.165) is 42.5 Å². The van der Waals surface area contributed by atoms with Gasteiger partial charge in [-0.1, -0.05) is 0 Å². The molecule has 4 aromatic rings. The van der Waals surface area contributed by atoms with Gasteiger partial charge in [0.05, 0.1) is 26.8 Å². The first kappa shape index (κ1) is 26.4. The van der Waals surface area contributed by atoms with Gasteiger partial charge in [0.25, 0.3) is 0 Å². The number of nitrogens with one attached hydrogen (secondary N) is 2. The predicted molar refractivity (Wildman–Crippen MR) is 155 cm³/mol. The second-order valence-corrected chi connectivity index (χ2v) is 12.7. The van der Waals surface area contributed by atoms with Crippen molar-refractivity contribution in [3.05, 3.63) is 53.3 Å². The monoisotopic (exact) mass is 598 g/mol. The fourth-order valence-electron chi connectivity index (χ4n) is 4.75. The van der Waals surface area contributed by atoms with Gasteiger partial charge in [-0.3, -0.25) is 4.68 Å². The molecule has 0 radical (unpaired) electrons. The molecule has 38 heavy (non-hydrogen) atoms. The van der Waals surface area contributed by atoms with Gasteiger partial charge in [0.1, 0.15) is 5.82 Å². The van der Waals surface area contributed by atoms with Crippen LogP contribution in [0, 0.1) is 0 Å². The van der Waals surface area contributed by atoms with E-state index < -0.39 is 9.84 Å². The molecule has 5 rings (SSSR count). The van der Waals surface area contributed by atoms with Crippen molar-refractivity contribution < 1.29 is 8.42 Å². The summed E-state index contributed by atoms with van der Waals surface area (Å²) in [5.41, 5.74) is 3.20. The Morgan fingerprint density at radius 2 is 1.76 bits per heavy atom. The molecule has 10 nitrogen and oxygen atoms in total. The second kappa shape index (κ2) is 10.5. The van der Waals surface area contributed by atoms with Crippen molar-refractivity contribution in [2.75, 3.05) is 49.0 Å². The maximum atomic E-state index is 12.6. The number of anilines is 5. The molecule has 0 atom stereocenters. The van der Waals surface area contributed by atoms with E-state index in [2.05, 4.69) is 77.7 Å². The molecule has 2 aromatic heterocycles. The first-order chi connectivity index (χ1) is 18.1. The molecular weight excluding hydrogens is 568 g/mol. The maximum Gasteiger partial charge on any atom is 0.229 e. The lowest BCUT2D eigenvalue weighted by Gasteiger charge is -2.36. The van der Waals surface area contributed by atoms with Crippen molar-refractivity contribution in [1.82, 2.24) is 24.6 Å². The highest BCUT2D eigenvalue weighted by Gasteiger charge is 2.21. The summed E-state index contributed by atoms with van der Waals surface area (Å²) < 4.78 is 27.4. The summed E-state index contributed by atoms with van der Waals surface area (Å²) in [6.45, 7) is 2.08. The van der Waals surface area contributed by atoms with Crippen LogP contribution < -0.4 is 15.5 Å². The van der Waals surface area contributed by atoms with Crippen LogP contribution in [0.4, 0.5) is 28.8 Å². The molecule has 1 aliphatic heterocycles. The molecule has 0 bridgehead atoms. The highest BCUT2D eigenvalue weighted by molar-refractivity contribution is 9.10. The zero-order chi connectivity index (χ0) is 27.0. The first-order valence-electron chi connectivity index (χ1n) is 12.3. The van der Waals surface area contributed by atoms with Gasteiger partial charge in [0, 0.05) is 55.4 Å². The standard InChI is InChI=1S/C26H31BrN8O2S/c1-33(2)19-9-11-35(12-10-19)20-7-5-18(6-8-20)30-26-28-16-21(27)25(32-26)31-22-13-17-15-29-34(3)23(17)14-24(22)38(4,36)37/h5-8,13-16,19H,9-12H2,1-4H3,(H2,28,30,31,32). The number of sulfone groups is 1. The highest BCUT2D eigenvalue weighted by atomic mass is 79.9. The van der Waals surface area contributed by atoms with Crippen molar-refractivity contribution in [3.8, 4) is 0 Å². The first-order valence-corrected chi connectivity index (χ1v) is 15.0. The van der Waals surface area contributed by atoms with Crippen LogP contribution in [0.25, 0.3) is 10.9 Å². The van der Waals surface area contributed by atoms with Gasteiger partial charge in [-0.2, -0.15) is 10.1 Å². The molecule has 0 aliphatic carbocycles. The number of nitrogens with zero attached hydrogens (tertiary/aromatic N) is 6. The lowest BCUT2D eigenvalue weighted by Crippen LogP contribution is -2.41. The number of piperidine rings is 1. The number of hydrogen-bond acceptors (Lipinski definition) is 9. The molecule has 0 unspecified atom stereocenters. The summed E-state index contributed by atoms with van der Waals surface area (Å²) in [5.74, 6) is 0.828. The smallest absolute Gasteiger partial charge is 0.229 e. The van der Waals surface area contributed by atoms with Crippen LogP contribution >= 0.6 is 15.9 Å². The van der Waals surface area contributed by atoms with Gasteiger partial charge in [-0.15, -0.1) is 0 Å². The number of halogens is 1. The number of fused-ring (bicyclic) bond motifs is 1. The average Bonchev–Trinajstić information content (AvgIpc) is 3.25. The zero-order valence-corrected chi connectivity index (χ0v) is 24.2. The summed E-state index contributed by atoms with van der Waals surface area (Å²) in [4.78, 5) is 13.9. The van der Waals surface area contributed by atoms with Crippen LogP contribution in [0.2, 0.25) is 0 Å². The highest BCUT2D eigenvalue weighted by Crippen LogP contribution is 2.32. The van der Waals surface area contributed by atoms with Gasteiger partial charge in [0.15, 0.2) is 9.84 Å². The summed E-state index contributed by atoms with van der Waals surface area (Å²) in [6, 6.07) is 12.3. The number of aryl methyl sites for hydroxylation is 1. The topological polar surface area (TPSA) is 108 Å². The Balaban J connectivity index is 1.34. The molecule has 3 heterocycles. The molecular formula is C26H31BrN8O2S. The van der Waals surface area contributed by atoms with Gasteiger partial charge < -0.3 is 20.4 Å². The van der Waals surface area contributed by atoms with Crippen molar-refractivity contribution in [2.24, 2.45) is 7.05 Å². The Labute approximate surface area is 231 Å². The molecule has 0 amide bonds. The van der Waals surface area contributed by atoms with E-state index in [9.17, 15) is 8.42 Å². The SMILES string of the molecule is CN(C)C1CCN(c2ccc(Nc3ncc(Br)c(Nc4cc5cnn(C)c5cc4S(C)(=O)=O)n3)cc2)CC1. The summed E-state index contributed by atoms with van der Waals surface area (Å²) in [5, 5.41) is 11.5. The van der Waals surface area contributed by atoms with Crippen molar-refractivity contribution in [2.45, 2.75) is 23.8 Å². The third kappa shape index (κ3) is 5.62. The Hall–Kier alpha value is -3.22. The van der Waals surface area contributed by atoms with E-state index in [4.69, 9.17) is 0 Å². The van der Waals surface area contributed by atoms with E-state index in [1.54, 1.807) is 36.3 Å². The summed E-state index contributed by atoms with van der Waals surface area (Å²) in [7, 11) is 2.56. The minimum atomic E-state index is -3.52. The normalized spacial score (nSPS) is 14.8. The lowest BCUT2D eigenvalue weighted by atomic mass is 10.0. The molecule has 1 aliphatic rings. The second-order valence-electron chi connectivity index (χ2n) is 9.82. The maximum absolute atomic E-state index is 12.6. The lowest BCUT2D eigenvalue weighted by molar-refractivity contribution is 0.249. The molecule has 1 saturated heterocycles. The number of benzene rings is 2. The summed E-state index contributed by atoms with van der Waals surface area (Å²) >= 11 is 3.48. The zero-order valence-electron chi connectivity index (χ0n) is 21.8. The van der Waals surface area contributed by atoms with Gasteiger partial charge in [0.2, 0.25) is 5.95 Å². The quantitative estimate of drug-likeness (QED) is 0.317. The fourth-order valence-corrected chi connectivity index (χ4v) is 5.88. The third-order valence-corrected chi connectivity index (χ3v) is 8.64. The van der Waals surface area contributed by atoms with Crippen LogP contribution in [0.15, 0.2) is 58.2 Å². The molecule has 1 fully saturated rings. The van der Waals surface area contributed by atoms with E-state index in [0.29, 0.717) is 28.0 Å². The van der Waals surface area contributed by atoms with Crippen LogP contribution in [0.5, 0.6) is 0 Å². The van der Waals surface area contributed by atoms with E-state index in [-0.39, 0.29) is 4.90 Å². The van der Waals surface area contributed by atoms with Crippen LogP contribution in [0.1, 0.15) is 12.8 Å². The van der Waals surface area contributed by atoms with Crippen molar-refractivity contribution in [3.63, 3.8) is 0 Å². The molecule has 0 spiro atoms. The van der Waals surface area contributed by atoms with Gasteiger partial charge >= 0.3 is 0 Å². The van der Waals surface area contributed by atoms with E-state index >= 15 is 0 Å². The van der Waals surface area contributed by atoms with E-state index in [1.165, 1.54) is 11.9 Å². The van der Waals surface area contributed by atoms with Crippen LogP contribution in [-0.2, 0) is 16.9 Å². The minimum Gasteiger partial charge on any atom is -0.371 e. The fraction of sp³-hybridized carbons (Fsp3) is 0.346. The Bertz CT molecular complexity index is 1560. The molecule has 12 heteroatoms. The molecule has 2 aromatic carbocycles. The van der Waals surface area contributed by atoms with Gasteiger partial charge in [-0.05, 0) is 79.3 Å². The molecule has 2 N–H and O–H groups in total. The third-order valence-electron chi connectivity index (χ3n) is 6.93. The van der Waals surface area contributed by atoms with Gasteiger partial charge in [-0.25, -0.2) is 13.4 Å². The van der Waals surface area contributed by atoms with Crippen molar-refractivity contribution in [1.29, 1.82) is 0 Å². The molecule has 200 valence electrons. The Kier molecular flexibility index (Phi) is 7.30. The number of rotatable bonds is 7. The summed E-state index contributed by atoms with van der Waals surface area (Å²) in [6.07, 6.45) is 6.83. The number of hydrogen-bond donors (Lipinski definition) is 2. The number of aromatic nitrogens is 4. The van der Waals surface area contributed by atoms with Crippen molar-refractivity contribution >= 4 is 65.5 Å². The largest absolute Gasteiger partial charge is 0.371 e. The van der Waals surface area contributed by atoms with Crippen LogP contribution in [0.3, 0.4) is 0 Å². The Morgan fingerprint density at radius 3 is 2.42 bits per heavy atom. The average molecular weight is 600 g/mol. The van der Waals surface area contributed by atoms with Crippen LogP contribution in [-0.4, -0.2) is 72.5 Å². The minimum absolute atomic E-state index is 0.166. The predicted octanol–water partition coefficient (Wildman–Crippen LogP) is 4.55. The molecule has 0 saturated carbocycles.